The molecule has 5 nitrogen and oxygen atoms in total. The summed E-state index contributed by atoms with van der Waals surface area (Å²) in [6.45, 7) is 1.91. The van der Waals surface area contributed by atoms with Gasteiger partial charge in [0.1, 0.15) is 4.21 Å². The third kappa shape index (κ3) is 3.91. The van der Waals surface area contributed by atoms with Crippen LogP contribution in [0.4, 0.5) is 18.9 Å². The zero-order valence-corrected chi connectivity index (χ0v) is 15.0. The van der Waals surface area contributed by atoms with Crippen LogP contribution in [0.5, 0.6) is 0 Å². The molecule has 0 saturated heterocycles. The smallest absolute Gasteiger partial charge is 0.356 e. The molecule has 1 aromatic carbocycles. The molecule has 0 amide bonds. The van der Waals surface area contributed by atoms with E-state index in [2.05, 4.69) is 9.88 Å². The van der Waals surface area contributed by atoms with Gasteiger partial charge in [-0.2, -0.15) is 13.2 Å². The highest BCUT2D eigenvalue weighted by atomic mass is 32.2. The molecule has 0 aliphatic carbocycles. The van der Waals surface area contributed by atoms with Gasteiger partial charge in [0.2, 0.25) is 0 Å². The van der Waals surface area contributed by atoms with Crippen LogP contribution in [0, 0.1) is 0 Å². The van der Waals surface area contributed by atoms with Gasteiger partial charge in [0, 0.05) is 22.7 Å². The van der Waals surface area contributed by atoms with Crippen LogP contribution in [-0.4, -0.2) is 13.6 Å². The molecule has 0 unspecified atom stereocenters. The number of anilines is 1. The molecule has 0 saturated carbocycles. The van der Waals surface area contributed by atoms with Gasteiger partial charge in [0.15, 0.2) is 5.76 Å². The molecule has 0 spiro atoms. The minimum Gasteiger partial charge on any atom is -0.356 e. The lowest BCUT2D eigenvalue weighted by Crippen LogP contribution is -2.12. The molecular formula is C16H13F3N2O3S2. The average Bonchev–Trinajstić information content (AvgIpc) is 3.23. The Labute approximate surface area is 151 Å². The third-order valence-electron chi connectivity index (χ3n) is 3.49. The first kappa shape index (κ1) is 18.5. The van der Waals surface area contributed by atoms with Crippen molar-refractivity contribution in [2.45, 2.75) is 23.7 Å². The van der Waals surface area contributed by atoms with Crippen molar-refractivity contribution in [2.24, 2.45) is 0 Å². The van der Waals surface area contributed by atoms with Crippen LogP contribution in [0.1, 0.15) is 18.2 Å². The van der Waals surface area contributed by atoms with Crippen molar-refractivity contribution in [2.75, 3.05) is 4.72 Å². The van der Waals surface area contributed by atoms with E-state index >= 15 is 0 Å². The molecular weight excluding hydrogens is 389 g/mol. The minimum atomic E-state index is -4.55. The van der Waals surface area contributed by atoms with E-state index in [0.29, 0.717) is 17.7 Å². The van der Waals surface area contributed by atoms with E-state index in [1.807, 2.05) is 6.92 Å². The number of halogens is 3. The number of aromatic nitrogens is 1. The Morgan fingerprint density at radius 3 is 2.65 bits per heavy atom. The van der Waals surface area contributed by atoms with Gasteiger partial charge < -0.3 is 4.52 Å². The van der Waals surface area contributed by atoms with Gasteiger partial charge in [-0.25, -0.2) is 8.42 Å². The second kappa shape index (κ2) is 6.76. The van der Waals surface area contributed by atoms with E-state index < -0.39 is 21.8 Å². The van der Waals surface area contributed by atoms with Crippen LogP contribution in [0.2, 0.25) is 0 Å². The summed E-state index contributed by atoms with van der Waals surface area (Å²) in [6, 6.07) is 7.11. The summed E-state index contributed by atoms with van der Waals surface area (Å²) in [5.74, 6) is 0.429. The number of thiophene rings is 1. The number of rotatable bonds is 5. The Balaban J connectivity index is 1.85. The van der Waals surface area contributed by atoms with E-state index in [1.54, 1.807) is 11.4 Å². The van der Waals surface area contributed by atoms with Crippen LogP contribution in [0.25, 0.3) is 11.3 Å². The fraction of sp³-hybridized carbons (Fsp3) is 0.188. The maximum atomic E-state index is 12.8. The molecule has 0 atom stereocenters. The monoisotopic (exact) mass is 402 g/mol. The fourth-order valence-electron chi connectivity index (χ4n) is 2.17. The minimum absolute atomic E-state index is 0.0423. The van der Waals surface area contributed by atoms with Crippen LogP contribution in [-0.2, 0) is 22.6 Å². The number of alkyl halides is 3. The molecule has 1 N–H and O–H groups in total. The third-order valence-corrected chi connectivity index (χ3v) is 6.31. The Hall–Kier alpha value is -2.33. The van der Waals surface area contributed by atoms with Gasteiger partial charge in [-0.1, -0.05) is 18.1 Å². The van der Waals surface area contributed by atoms with Gasteiger partial charge in [0.25, 0.3) is 10.0 Å². The molecule has 3 rings (SSSR count). The second-order valence-electron chi connectivity index (χ2n) is 5.37. The highest BCUT2D eigenvalue weighted by Crippen LogP contribution is 2.33. The standard InChI is InChI=1S/C16H13F3N2O3S2/c1-2-12-8-14(24-20-12)10-6-15(25-9-10)26(22,23)21-13-5-3-4-11(7-13)16(17,18)19/h3-9,21H,2H2,1H3. The quantitative estimate of drug-likeness (QED) is 0.666. The predicted molar refractivity (Wildman–Crippen MR) is 91.4 cm³/mol. The Morgan fingerprint density at radius 1 is 1.23 bits per heavy atom. The number of nitrogens with one attached hydrogen (secondary N) is 1. The summed E-state index contributed by atoms with van der Waals surface area (Å²) in [6.07, 6.45) is -3.88. The maximum absolute atomic E-state index is 12.8. The number of nitrogens with zero attached hydrogens (tertiary/aromatic N) is 1. The van der Waals surface area contributed by atoms with Gasteiger partial charge in [0.05, 0.1) is 11.3 Å². The SMILES string of the molecule is CCc1cc(-c2csc(S(=O)(=O)Nc3cccc(C(F)(F)F)c3)c2)on1. The lowest BCUT2D eigenvalue weighted by Gasteiger charge is -2.10. The first-order chi connectivity index (χ1) is 12.2. The van der Waals surface area contributed by atoms with Crippen molar-refractivity contribution in [3.63, 3.8) is 0 Å². The second-order valence-corrected chi connectivity index (χ2v) is 8.20. The highest BCUT2D eigenvalue weighted by molar-refractivity contribution is 7.94. The van der Waals surface area contributed by atoms with Crippen molar-refractivity contribution >= 4 is 27.0 Å². The van der Waals surface area contributed by atoms with Crippen molar-refractivity contribution in [3.05, 3.63) is 53.0 Å². The summed E-state index contributed by atoms with van der Waals surface area (Å²) in [7, 11) is -4.02. The Bertz CT molecular complexity index is 1020. The Kier molecular flexibility index (Phi) is 4.80. The lowest BCUT2D eigenvalue weighted by molar-refractivity contribution is -0.137. The molecule has 0 fully saturated rings. The zero-order valence-electron chi connectivity index (χ0n) is 13.4. The van der Waals surface area contributed by atoms with Crippen molar-refractivity contribution in [1.29, 1.82) is 0 Å². The predicted octanol–water partition coefficient (Wildman–Crippen LogP) is 4.79. The first-order valence-electron chi connectivity index (χ1n) is 7.43. The molecule has 0 aliphatic heterocycles. The maximum Gasteiger partial charge on any atom is 0.416 e. The summed E-state index contributed by atoms with van der Waals surface area (Å²) in [5, 5.41) is 5.42. The largest absolute Gasteiger partial charge is 0.416 e. The average molecular weight is 402 g/mol. The van der Waals surface area contributed by atoms with E-state index in [0.717, 1.165) is 35.2 Å². The Morgan fingerprint density at radius 2 is 2.00 bits per heavy atom. The molecule has 10 heteroatoms. The highest BCUT2D eigenvalue weighted by Gasteiger charge is 2.31. The van der Waals surface area contributed by atoms with Gasteiger partial charge in [-0.3, -0.25) is 4.72 Å². The van der Waals surface area contributed by atoms with E-state index in [9.17, 15) is 21.6 Å². The zero-order chi connectivity index (χ0) is 18.9. The van der Waals surface area contributed by atoms with Gasteiger partial charge in [-0.05, 0) is 30.7 Å². The van der Waals surface area contributed by atoms with Crippen molar-refractivity contribution < 1.29 is 26.1 Å². The van der Waals surface area contributed by atoms with Crippen LogP contribution < -0.4 is 4.72 Å². The summed E-state index contributed by atoms with van der Waals surface area (Å²) < 4.78 is 70.4. The van der Waals surface area contributed by atoms with E-state index in [4.69, 9.17) is 4.52 Å². The number of hydrogen-bond acceptors (Lipinski definition) is 5. The van der Waals surface area contributed by atoms with Gasteiger partial charge >= 0.3 is 6.18 Å². The number of aryl methyl sites for hydroxylation is 1. The molecule has 0 aliphatic rings. The topological polar surface area (TPSA) is 72.2 Å². The number of benzene rings is 1. The summed E-state index contributed by atoms with van der Waals surface area (Å²) >= 11 is 0.937. The van der Waals surface area contributed by atoms with Crippen LogP contribution in [0.15, 0.2) is 50.5 Å². The lowest BCUT2D eigenvalue weighted by atomic mass is 10.2. The van der Waals surface area contributed by atoms with Crippen molar-refractivity contribution in [3.8, 4) is 11.3 Å². The van der Waals surface area contributed by atoms with E-state index in [-0.39, 0.29) is 9.90 Å². The number of sulfonamides is 1. The first-order valence-corrected chi connectivity index (χ1v) is 9.80. The van der Waals surface area contributed by atoms with E-state index in [1.165, 1.54) is 12.1 Å². The molecule has 0 bridgehead atoms. The van der Waals surface area contributed by atoms with Crippen LogP contribution >= 0.6 is 11.3 Å². The molecule has 3 aromatic rings. The number of hydrogen-bond donors (Lipinski definition) is 1. The van der Waals surface area contributed by atoms with Gasteiger partial charge in [-0.15, -0.1) is 11.3 Å². The molecule has 2 aromatic heterocycles. The van der Waals surface area contributed by atoms with Crippen LogP contribution in [0.3, 0.4) is 0 Å². The van der Waals surface area contributed by atoms with Crippen molar-refractivity contribution in [1.82, 2.24) is 5.16 Å². The summed E-state index contributed by atoms with van der Waals surface area (Å²) in [4.78, 5) is 0. The molecule has 0 radical (unpaired) electrons. The summed E-state index contributed by atoms with van der Waals surface area (Å²) in [5.41, 5.74) is 0.172. The normalized spacial score (nSPS) is 12.3. The fourth-order valence-corrected chi connectivity index (χ4v) is 4.38. The molecule has 138 valence electrons. The molecule has 2 heterocycles. The molecule has 26 heavy (non-hydrogen) atoms.